The van der Waals surface area contributed by atoms with Gasteiger partial charge in [-0.15, -0.1) is 0 Å². The molecular formula is C15H19NO. The van der Waals surface area contributed by atoms with Crippen molar-refractivity contribution in [3.05, 3.63) is 59.5 Å². The number of rotatable bonds is 5. The topological polar surface area (TPSA) is 25.2 Å². The molecule has 17 heavy (non-hydrogen) atoms. The van der Waals surface area contributed by atoms with Gasteiger partial charge in [-0.05, 0) is 44.5 Å². The van der Waals surface area contributed by atoms with Crippen LogP contribution in [0.5, 0.6) is 0 Å². The normalized spacial score (nSPS) is 12.6. The summed E-state index contributed by atoms with van der Waals surface area (Å²) in [6.07, 6.45) is 3.84. The molecule has 1 N–H and O–H groups in total. The summed E-state index contributed by atoms with van der Waals surface area (Å²) in [5.41, 5.74) is 2.69. The van der Waals surface area contributed by atoms with Crippen LogP contribution in [0, 0.1) is 6.92 Å². The maximum Gasteiger partial charge on any atom is 0.120 e. The van der Waals surface area contributed by atoms with Crippen molar-refractivity contribution in [3.63, 3.8) is 0 Å². The summed E-state index contributed by atoms with van der Waals surface area (Å²) < 4.78 is 5.43. The zero-order valence-corrected chi connectivity index (χ0v) is 10.4. The van der Waals surface area contributed by atoms with Crippen molar-refractivity contribution in [2.45, 2.75) is 25.8 Å². The van der Waals surface area contributed by atoms with Gasteiger partial charge in [0, 0.05) is 0 Å². The van der Waals surface area contributed by atoms with Gasteiger partial charge in [-0.25, -0.2) is 0 Å². The van der Waals surface area contributed by atoms with Gasteiger partial charge >= 0.3 is 0 Å². The summed E-state index contributed by atoms with van der Waals surface area (Å²) in [7, 11) is 1.97. The van der Waals surface area contributed by atoms with Crippen molar-refractivity contribution in [2.75, 3.05) is 7.05 Å². The maximum absolute atomic E-state index is 5.43. The minimum Gasteiger partial charge on any atom is -0.468 e. The molecule has 2 rings (SSSR count). The van der Waals surface area contributed by atoms with Crippen molar-refractivity contribution in [3.8, 4) is 0 Å². The molecule has 1 unspecified atom stereocenters. The van der Waals surface area contributed by atoms with Gasteiger partial charge in [-0.2, -0.15) is 0 Å². The van der Waals surface area contributed by atoms with Crippen LogP contribution < -0.4 is 5.32 Å². The van der Waals surface area contributed by atoms with E-state index >= 15 is 0 Å². The van der Waals surface area contributed by atoms with Crippen LogP contribution in [0.2, 0.25) is 0 Å². The molecule has 90 valence electrons. The van der Waals surface area contributed by atoms with E-state index in [4.69, 9.17) is 4.42 Å². The standard InChI is InChI=1S/C15H19NO/c1-12-5-7-13(8-6-12)9-10-14(16-2)15-4-3-11-17-15/h3-8,11,14,16H,9-10H2,1-2H3. The fraction of sp³-hybridized carbons (Fsp3) is 0.333. The molecule has 0 aliphatic rings. The largest absolute Gasteiger partial charge is 0.468 e. The summed E-state index contributed by atoms with van der Waals surface area (Å²) in [5.74, 6) is 1.01. The fourth-order valence-corrected chi connectivity index (χ4v) is 1.98. The molecule has 1 aromatic carbocycles. The third-order valence-corrected chi connectivity index (χ3v) is 3.08. The van der Waals surface area contributed by atoms with E-state index in [2.05, 4.69) is 36.5 Å². The molecule has 2 aromatic rings. The van der Waals surface area contributed by atoms with Crippen LogP contribution in [0.3, 0.4) is 0 Å². The van der Waals surface area contributed by atoms with Crippen molar-refractivity contribution >= 4 is 0 Å². The lowest BCUT2D eigenvalue weighted by Gasteiger charge is -2.13. The van der Waals surface area contributed by atoms with Crippen molar-refractivity contribution in [1.82, 2.24) is 5.32 Å². The van der Waals surface area contributed by atoms with E-state index in [1.54, 1.807) is 6.26 Å². The summed E-state index contributed by atoms with van der Waals surface area (Å²) in [4.78, 5) is 0. The number of hydrogen-bond acceptors (Lipinski definition) is 2. The lowest BCUT2D eigenvalue weighted by atomic mass is 10.0. The first-order chi connectivity index (χ1) is 8.29. The van der Waals surface area contributed by atoms with Gasteiger partial charge in [0.1, 0.15) is 5.76 Å². The van der Waals surface area contributed by atoms with Crippen molar-refractivity contribution in [1.29, 1.82) is 0 Å². The smallest absolute Gasteiger partial charge is 0.120 e. The fourth-order valence-electron chi connectivity index (χ4n) is 1.98. The highest BCUT2D eigenvalue weighted by Gasteiger charge is 2.11. The van der Waals surface area contributed by atoms with Gasteiger partial charge in [0.05, 0.1) is 12.3 Å². The average molecular weight is 229 g/mol. The molecule has 0 aliphatic carbocycles. The third-order valence-electron chi connectivity index (χ3n) is 3.08. The number of aryl methyl sites for hydroxylation is 2. The highest BCUT2D eigenvalue weighted by atomic mass is 16.3. The third kappa shape index (κ3) is 3.21. The van der Waals surface area contributed by atoms with Gasteiger partial charge in [0.15, 0.2) is 0 Å². The summed E-state index contributed by atoms with van der Waals surface area (Å²) in [6.45, 7) is 2.11. The van der Waals surface area contributed by atoms with Gasteiger partial charge < -0.3 is 9.73 Å². The van der Waals surface area contributed by atoms with Crippen molar-refractivity contribution < 1.29 is 4.42 Å². The molecule has 0 aliphatic heterocycles. The van der Waals surface area contributed by atoms with Crippen LogP contribution >= 0.6 is 0 Å². The van der Waals surface area contributed by atoms with E-state index in [-0.39, 0.29) is 0 Å². The van der Waals surface area contributed by atoms with Gasteiger partial charge in [0.2, 0.25) is 0 Å². The predicted molar refractivity (Wildman–Crippen MR) is 70.0 cm³/mol. The monoisotopic (exact) mass is 229 g/mol. The van der Waals surface area contributed by atoms with Crippen LogP contribution in [-0.2, 0) is 6.42 Å². The van der Waals surface area contributed by atoms with Crippen LogP contribution in [0.1, 0.15) is 29.3 Å². The van der Waals surface area contributed by atoms with Crippen LogP contribution in [0.4, 0.5) is 0 Å². The molecule has 1 heterocycles. The molecule has 2 nitrogen and oxygen atoms in total. The Labute approximate surface area is 103 Å². The SMILES string of the molecule is CNC(CCc1ccc(C)cc1)c1ccco1. The number of furan rings is 1. The summed E-state index contributed by atoms with van der Waals surface area (Å²) >= 11 is 0. The average Bonchev–Trinajstić information content (AvgIpc) is 2.86. The van der Waals surface area contributed by atoms with Crippen LogP contribution in [0.25, 0.3) is 0 Å². The highest BCUT2D eigenvalue weighted by Crippen LogP contribution is 2.19. The Morgan fingerprint density at radius 1 is 1.18 bits per heavy atom. The summed E-state index contributed by atoms with van der Waals surface area (Å²) in [5, 5.41) is 3.29. The van der Waals surface area contributed by atoms with Gasteiger partial charge in [-0.1, -0.05) is 29.8 Å². The quantitative estimate of drug-likeness (QED) is 0.849. The molecule has 0 radical (unpaired) electrons. The minimum atomic E-state index is 0.298. The Kier molecular flexibility index (Phi) is 3.99. The number of benzene rings is 1. The molecule has 0 fully saturated rings. The van der Waals surface area contributed by atoms with E-state index in [9.17, 15) is 0 Å². The van der Waals surface area contributed by atoms with Gasteiger partial charge in [-0.3, -0.25) is 0 Å². The zero-order valence-electron chi connectivity index (χ0n) is 10.4. The first kappa shape index (κ1) is 11.9. The molecule has 1 atom stereocenters. The maximum atomic E-state index is 5.43. The molecule has 0 bridgehead atoms. The second-order valence-corrected chi connectivity index (χ2v) is 4.38. The van der Waals surface area contributed by atoms with E-state index < -0.39 is 0 Å². The highest BCUT2D eigenvalue weighted by molar-refractivity contribution is 5.21. The van der Waals surface area contributed by atoms with E-state index in [0.29, 0.717) is 6.04 Å². The summed E-state index contributed by atoms with van der Waals surface area (Å²) in [6, 6.07) is 13.0. The first-order valence-electron chi connectivity index (χ1n) is 6.06. The van der Waals surface area contributed by atoms with E-state index in [1.807, 2.05) is 19.2 Å². The van der Waals surface area contributed by atoms with Crippen LogP contribution in [-0.4, -0.2) is 7.05 Å². The second-order valence-electron chi connectivity index (χ2n) is 4.38. The van der Waals surface area contributed by atoms with Crippen LogP contribution in [0.15, 0.2) is 47.1 Å². The lowest BCUT2D eigenvalue weighted by molar-refractivity contribution is 0.415. The Balaban J connectivity index is 1.94. The Morgan fingerprint density at radius 2 is 1.94 bits per heavy atom. The Bertz CT molecular complexity index is 430. The molecule has 1 aromatic heterocycles. The van der Waals surface area contributed by atoms with E-state index in [0.717, 1.165) is 18.6 Å². The van der Waals surface area contributed by atoms with E-state index in [1.165, 1.54) is 11.1 Å². The molecule has 0 saturated carbocycles. The Morgan fingerprint density at radius 3 is 2.53 bits per heavy atom. The lowest BCUT2D eigenvalue weighted by Crippen LogP contribution is -2.16. The number of nitrogens with one attached hydrogen (secondary N) is 1. The Hall–Kier alpha value is -1.54. The molecule has 0 amide bonds. The predicted octanol–water partition coefficient (Wildman–Crippen LogP) is 3.48. The minimum absolute atomic E-state index is 0.298. The molecule has 2 heteroatoms. The second kappa shape index (κ2) is 5.69. The van der Waals surface area contributed by atoms with Gasteiger partial charge in [0.25, 0.3) is 0 Å². The van der Waals surface area contributed by atoms with Crippen molar-refractivity contribution in [2.24, 2.45) is 0 Å². The molecule has 0 spiro atoms. The zero-order chi connectivity index (χ0) is 12.1. The molecule has 0 saturated heterocycles. The molecular weight excluding hydrogens is 210 g/mol. The number of hydrogen-bond donors (Lipinski definition) is 1. The first-order valence-corrected chi connectivity index (χ1v) is 6.06.